The van der Waals surface area contributed by atoms with Crippen molar-refractivity contribution >= 4 is 11.6 Å². The topological polar surface area (TPSA) is 50.6 Å². The van der Waals surface area contributed by atoms with Gasteiger partial charge in [0.05, 0.1) is 18.5 Å². The molecule has 1 saturated heterocycles. The number of fused-ring (bicyclic) bond motifs is 1. The Bertz CT molecular complexity index is 753. The van der Waals surface area contributed by atoms with Crippen LogP contribution in [-0.4, -0.2) is 53.4 Å². The fourth-order valence-corrected chi connectivity index (χ4v) is 3.24. The number of halogens is 1. The van der Waals surface area contributed by atoms with Crippen molar-refractivity contribution in [1.82, 2.24) is 14.7 Å². The molecule has 0 radical (unpaired) electrons. The van der Waals surface area contributed by atoms with E-state index in [0.29, 0.717) is 49.9 Å². The first-order chi connectivity index (χ1) is 11.7. The average Bonchev–Trinajstić information content (AvgIpc) is 3.06. The van der Waals surface area contributed by atoms with Gasteiger partial charge in [-0.25, -0.2) is 9.07 Å². The Morgan fingerprint density at radius 2 is 1.92 bits per heavy atom. The van der Waals surface area contributed by atoms with Crippen molar-refractivity contribution in [3.63, 3.8) is 0 Å². The zero-order chi connectivity index (χ0) is 16.5. The largest absolute Gasteiger partial charge is 0.477 e. The van der Waals surface area contributed by atoms with Crippen molar-refractivity contribution < 1.29 is 13.9 Å². The van der Waals surface area contributed by atoms with E-state index in [2.05, 4.69) is 5.10 Å². The van der Waals surface area contributed by atoms with Crippen LogP contribution < -0.4 is 9.64 Å². The summed E-state index contributed by atoms with van der Waals surface area (Å²) in [5.74, 6) is 0.283. The molecule has 0 saturated carbocycles. The predicted molar refractivity (Wildman–Crippen MR) is 86.9 cm³/mol. The predicted octanol–water partition coefficient (Wildman–Crippen LogP) is 1.77. The monoisotopic (exact) mass is 330 g/mol. The van der Waals surface area contributed by atoms with E-state index < -0.39 is 0 Å². The maximum absolute atomic E-state index is 13.9. The number of para-hydroxylation sites is 1. The second-order valence-corrected chi connectivity index (χ2v) is 6.02. The summed E-state index contributed by atoms with van der Waals surface area (Å²) >= 11 is 0. The second-order valence-electron chi connectivity index (χ2n) is 6.02. The van der Waals surface area contributed by atoms with Gasteiger partial charge < -0.3 is 14.5 Å². The molecule has 0 unspecified atom stereocenters. The summed E-state index contributed by atoms with van der Waals surface area (Å²) in [6.07, 6.45) is 2.50. The molecule has 6 nitrogen and oxygen atoms in total. The molecule has 7 heteroatoms. The number of carbonyl (C=O) groups is 1. The number of hydrogen-bond acceptors (Lipinski definition) is 4. The van der Waals surface area contributed by atoms with Gasteiger partial charge in [-0.1, -0.05) is 12.1 Å². The number of carbonyl (C=O) groups excluding carboxylic acids is 1. The molecule has 1 amide bonds. The fraction of sp³-hybridized carbons (Fsp3) is 0.412. The van der Waals surface area contributed by atoms with E-state index in [4.69, 9.17) is 4.74 Å². The van der Waals surface area contributed by atoms with E-state index in [-0.39, 0.29) is 11.7 Å². The molecule has 0 atom stereocenters. The Kier molecular flexibility index (Phi) is 3.84. The Hall–Kier alpha value is -2.57. The van der Waals surface area contributed by atoms with Gasteiger partial charge in [0, 0.05) is 39.1 Å². The van der Waals surface area contributed by atoms with Crippen LogP contribution in [0.2, 0.25) is 0 Å². The molecule has 1 fully saturated rings. The highest BCUT2D eigenvalue weighted by Gasteiger charge is 2.28. The zero-order valence-electron chi connectivity index (χ0n) is 13.3. The summed E-state index contributed by atoms with van der Waals surface area (Å²) < 4.78 is 21.2. The highest BCUT2D eigenvalue weighted by atomic mass is 19.1. The number of anilines is 1. The van der Waals surface area contributed by atoms with Gasteiger partial charge in [0.15, 0.2) is 0 Å². The Balaban J connectivity index is 1.45. The van der Waals surface area contributed by atoms with Gasteiger partial charge in [-0.15, -0.1) is 0 Å². The van der Waals surface area contributed by atoms with Crippen molar-refractivity contribution in [2.24, 2.45) is 0 Å². The summed E-state index contributed by atoms with van der Waals surface area (Å²) in [4.78, 5) is 16.5. The molecule has 4 rings (SSSR count). The molecule has 0 N–H and O–H groups in total. The third kappa shape index (κ3) is 2.60. The number of piperazine rings is 1. The molecule has 2 aliphatic rings. The third-order valence-corrected chi connectivity index (χ3v) is 4.53. The average molecular weight is 330 g/mol. The number of benzene rings is 1. The van der Waals surface area contributed by atoms with E-state index in [9.17, 15) is 9.18 Å². The summed E-state index contributed by atoms with van der Waals surface area (Å²) in [5, 5.41) is 4.23. The van der Waals surface area contributed by atoms with Gasteiger partial charge in [-0.05, 0) is 12.1 Å². The van der Waals surface area contributed by atoms with Crippen molar-refractivity contribution in [1.29, 1.82) is 0 Å². The lowest BCUT2D eigenvalue weighted by Gasteiger charge is -2.36. The van der Waals surface area contributed by atoms with Crippen LogP contribution in [0.25, 0.3) is 0 Å². The minimum atomic E-state index is -0.226. The number of amides is 1. The van der Waals surface area contributed by atoms with Gasteiger partial charge in [-0.2, -0.15) is 5.10 Å². The van der Waals surface area contributed by atoms with Crippen LogP contribution >= 0.6 is 0 Å². The van der Waals surface area contributed by atoms with Gasteiger partial charge in [0.25, 0.3) is 5.91 Å². The first-order valence-electron chi connectivity index (χ1n) is 8.21. The molecule has 0 spiro atoms. The molecule has 0 bridgehead atoms. The number of rotatable bonds is 2. The first kappa shape index (κ1) is 15.0. The van der Waals surface area contributed by atoms with Crippen LogP contribution in [0.15, 0.2) is 30.5 Å². The molecule has 2 aliphatic heterocycles. The standard InChI is InChI=1S/C17H19FN4O2/c18-14-4-1-2-5-15(14)20-7-9-21(10-8-20)16(23)13-12-19-22-6-3-11-24-17(13)22/h1-2,4-5,12H,3,6-11H2. The van der Waals surface area contributed by atoms with Crippen LogP contribution in [-0.2, 0) is 6.54 Å². The number of aromatic nitrogens is 2. The Morgan fingerprint density at radius 3 is 2.71 bits per heavy atom. The highest BCUT2D eigenvalue weighted by molar-refractivity contribution is 5.96. The van der Waals surface area contributed by atoms with Crippen molar-refractivity contribution in [2.45, 2.75) is 13.0 Å². The van der Waals surface area contributed by atoms with Crippen LogP contribution in [0.5, 0.6) is 5.88 Å². The summed E-state index contributed by atoms with van der Waals surface area (Å²) in [6.45, 7) is 3.72. The minimum Gasteiger partial charge on any atom is -0.477 e. The SMILES string of the molecule is O=C(c1cnn2c1OCCC2)N1CCN(c2ccccc2F)CC1. The molecular weight excluding hydrogens is 311 g/mol. The maximum atomic E-state index is 13.9. The molecule has 3 heterocycles. The molecule has 1 aromatic carbocycles. The number of ether oxygens (including phenoxy) is 1. The zero-order valence-corrected chi connectivity index (χ0v) is 13.3. The van der Waals surface area contributed by atoms with Crippen molar-refractivity contribution in [3.8, 4) is 5.88 Å². The normalized spacial score (nSPS) is 17.4. The summed E-state index contributed by atoms with van der Waals surface area (Å²) in [5.41, 5.74) is 1.12. The van der Waals surface area contributed by atoms with E-state index in [1.807, 2.05) is 11.0 Å². The molecular formula is C17H19FN4O2. The second kappa shape index (κ2) is 6.14. The lowest BCUT2D eigenvalue weighted by atomic mass is 10.2. The molecule has 1 aromatic heterocycles. The molecule has 0 aliphatic carbocycles. The van der Waals surface area contributed by atoms with Crippen LogP contribution in [0.1, 0.15) is 16.8 Å². The van der Waals surface area contributed by atoms with Gasteiger partial charge >= 0.3 is 0 Å². The minimum absolute atomic E-state index is 0.0636. The molecule has 2 aromatic rings. The fourth-order valence-electron chi connectivity index (χ4n) is 3.24. The molecule has 126 valence electrons. The van der Waals surface area contributed by atoms with Crippen LogP contribution in [0, 0.1) is 5.82 Å². The number of hydrogen-bond donors (Lipinski definition) is 0. The number of nitrogens with zero attached hydrogens (tertiary/aromatic N) is 4. The molecule has 24 heavy (non-hydrogen) atoms. The first-order valence-corrected chi connectivity index (χ1v) is 8.21. The van der Waals surface area contributed by atoms with E-state index in [0.717, 1.165) is 13.0 Å². The Morgan fingerprint density at radius 1 is 1.12 bits per heavy atom. The van der Waals surface area contributed by atoms with E-state index in [1.165, 1.54) is 6.07 Å². The number of aryl methyl sites for hydroxylation is 1. The maximum Gasteiger partial charge on any atom is 0.261 e. The summed E-state index contributed by atoms with van der Waals surface area (Å²) in [6, 6.07) is 6.74. The third-order valence-electron chi connectivity index (χ3n) is 4.53. The van der Waals surface area contributed by atoms with Crippen LogP contribution in [0.4, 0.5) is 10.1 Å². The van der Waals surface area contributed by atoms with Gasteiger partial charge in [0.1, 0.15) is 11.4 Å². The summed E-state index contributed by atoms with van der Waals surface area (Å²) in [7, 11) is 0. The Labute approximate surface area is 139 Å². The van der Waals surface area contributed by atoms with Gasteiger partial charge in [0.2, 0.25) is 5.88 Å². The van der Waals surface area contributed by atoms with Crippen LogP contribution in [0.3, 0.4) is 0 Å². The lowest BCUT2D eigenvalue weighted by Crippen LogP contribution is -2.49. The van der Waals surface area contributed by atoms with E-state index in [1.54, 1.807) is 27.9 Å². The lowest BCUT2D eigenvalue weighted by molar-refractivity contribution is 0.0740. The smallest absolute Gasteiger partial charge is 0.261 e. The van der Waals surface area contributed by atoms with Gasteiger partial charge in [-0.3, -0.25) is 4.79 Å². The van der Waals surface area contributed by atoms with Crippen molar-refractivity contribution in [3.05, 3.63) is 41.8 Å². The van der Waals surface area contributed by atoms with Crippen molar-refractivity contribution in [2.75, 3.05) is 37.7 Å². The van der Waals surface area contributed by atoms with E-state index >= 15 is 0 Å². The quantitative estimate of drug-likeness (QED) is 0.842. The highest BCUT2D eigenvalue weighted by Crippen LogP contribution is 2.25.